The number of halogens is 2. The van der Waals surface area contributed by atoms with Crippen LogP contribution in [-0.2, 0) is 20.7 Å². The van der Waals surface area contributed by atoms with Crippen LogP contribution in [0.1, 0.15) is 12.0 Å². The van der Waals surface area contributed by atoms with Crippen molar-refractivity contribution in [2.45, 2.75) is 12.8 Å². The number of ether oxygens (including phenoxy) is 2. The van der Waals surface area contributed by atoms with Crippen molar-refractivity contribution in [2.75, 3.05) is 33.5 Å². The van der Waals surface area contributed by atoms with Gasteiger partial charge in [0.25, 0.3) is 0 Å². The summed E-state index contributed by atoms with van der Waals surface area (Å²) in [5.41, 5.74) is 0.541. The third-order valence-electron chi connectivity index (χ3n) is 2.64. The second kappa shape index (κ2) is 9.85. The summed E-state index contributed by atoms with van der Waals surface area (Å²) in [7, 11) is 1.60. The molecule has 0 bridgehead atoms. The SMILES string of the molecule is COCCOCCNC(=O)CCc1ccc(Br)cc1F. The molecular formula is C14H19BrFNO3. The zero-order valence-electron chi connectivity index (χ0n) is 11.5. The highest BCUT2D eigenvalue weighted by atomic mass is 79.9. The van der Waals surface area contributed by atoms with E-state index in [4.69, 9.17) is 9.47 Å². The van der Waals surface area contributed by atoms with Crippen LogP contribution in [0, 0.1) is 5.82 Å². The second-order valence-corrected chi connectivity index (χ2v) is 5.11. The van der Waals surface area contributed by atoms with E-state index >= 15 is 0 Å². The summed E-state index contributed by atoms with van der Waals surface area (Å²) in [6, 6.07) is 4.84. The standard InChI is InChI=1S/C14H19BrFNO3/c1-19-8-9-20-7-6-17-14(18)5-3-11-2-4-12(15)10-13(11)16/h2,4,10H,3,5-9H2,1H3,(H,17,18). The van der Waals surface area contributed by atoms with Crippen molar-refractivity contribution >= 4 is 21.8 Å². The summed E-state index contributed by atoms with van der Waals surface area (Å²) in [6.45, 7) is 1.94. The molecule has 6 heteroatoms. The molecule has 0 unspecified atom stereocenters. The van der Waals surface area contributed by atoms with E-state index in [0.29, 0.717) is 42.8 Å². The number of amides is 1. The number of nitrogens with one attached hydrogen (secondary N) is 1. The van der Waals surface area contributed by atoms with Crippen molar-refractivity contribution < 1.29 is 18.7 Å². The molecule has 0 saturated carbocycles. The van der Waals surface area contributed by atoms with Gasteiger partial charge in [-0.2, -0.15) is 0 Å². The van der Waals surface area contributed by atoms with E-state index in [-0.39, 0.29) is 18.1 Å². The average Bonchev–Trinajstić information content (AvgIpc) is 2.41. The van der Waals surface area contributed by atoms with Crippen LogP contribution >= 0.6 is 15.9 Å². The van der Waals surface area contributed by atoms with E-state index in [1.165, 1.54) is 6.07 Å². The molecule has 1 aromatic rings. The first kappa shape index (κ1) is 17.1. The lowest BCUT2D eigenvalue weighted by Gasteiger charge is -2.07. The number of aryl methyl sites for hydroxylation is 1. The highest BCUT2D eigenvalue weighted by molar-refractivity contribution is 9.10. The number of carbonyl (C=O) groups excluding carboxylic acids is 1. The van der Waals surface area contributed by atoms with E-state index in [2.05, 4.69) is 21.2 Å². The molecule has 1 N–H and O–H groups in total. The van der Waals surface area contributed by atoms with Gasteiger partial charge < -0.3 is 14.8 Å². The molecule has 0 heterocycles. The van der Waals surface area contributed by atoms with Gasteiger partial charge >= 0.3 is 0 Å². The van der Waals surface area contributed by atoms with E-state index in [1.807, 2.05) is 0 Å². The van der Waals surface area contributed by atoms with E-state index in [1.54, 1.807) is 19.2 Å². The van der Waals surface area contributed by atoms with Gasteiger partial charge in [-0.1, -0.05) is 22.0 Å². The molecule has 0 fully saturated rings. The number of benzene rings is 1. The van der Waals surface area contributed by atoms with Crippen LogP contribution in [0.5, 0.6) is 0 Å². The maximum Gasteiger partial charge on any atom is 0.220 e. The Morgan fingerprint density at radius 2 is 2.15 bits per heavy atom. The van der Waals surface area contributed by atoms with Gasteiger partial charge in [0.1, 0.15) is 5.82 Å². The molecule has 0 aliphatic heterocycles. The first-order valence-corrected chi connectivity index (χ1v) is 7.20. The van der Waals surface area contributed by atoms with Gasteiger partial charge in [0.2, 0.25) is 5.91 Å². The Kier molecular flexibility index (Phi) is 8.41. The Morgan fingerprint density at radius 3 is 2.85 bits per heavy atom. The van der Waals surface area contributed by atoms with Gasteiger partial charge in [-0.25, -0.2) is 4.39 Å². The normalized spacial score (nSPS) is 10.6. The minimum atomic E-state index is -0.296. The molecule has 1 rings (SSSR count). The average molecular weight is 348 g/mol. The van der Waals surface area contributed by atoms with Gasteiger partial charge in [0, 0.05) is 24.5 Å². The predicted octanol–water partition coefficient (Wildman–Crippen LogP) is 2.30. The van der Waals surface area contributed by atoms with Gasteiger partial charge in [-0.05, 0) is 24.1 Å². The Labute approximate surface area is 126 Å². The van der Waals surface area contributed by atoms with Crippen molar-refractivity contribution in [3.8, 4) is 0 Å². The monoisotopic (exact) mass is 347 g/mol. The molecule has 0 aliphatic rings. The van der Waals surface area contributed by atoms with Crippen LogP contribution < -0.4 is 5.32 Å². The van der Waals surface area contributed by atoms with Crippen LogP contribution in [0.3, 0.4) is 0 Å². The van der Waals surface area contributed by atoms with Gasteiger partial charge in [-0.15, -0.1) is 0 Å². The molecular weight excluding hydrogens is 329 g/mol. The summed E-state index contributed by atoms with van der Waals surface area (Å²) in [6.07, 6.45) is 0.645. The molecule has 0 aromatic heterocycles. The smallest absolute Gasteiger partial charge is 0.220 e. The van der Waals surface area contributed by atoms with Gasteiger partial charge in [0.15, 0.2) is 0 Å². The quantitative estimate of drug-likeness (QED) is 0.697. The molecule has 112 valence electrons. The molecule has 1 aromatic carbocycles. The highest BCUT2D eigenvalue weighted by Crippen LogP contribution is 2.16. The summed E-state index contributed by atoms with van der Waals surface area (Å²) in [4.78, 5) is 11.6. The molecule has 1 amide bonds. The Hall–Kier alpha value is -0.980. The Balaban J connectivity index is 2.16. The molecule has 0 aliphatic carbocycles. The lowest BCUT2D eigenvalue weighted by Crippen LogP contribution is -2.27. The Bertz CT molecular complexity index is 429. The van der Waals surface area contributed by atoms with Crippen LogP contribution in [0.15, 0.2) is 22.7 Å². The van der Waals surface area contributed by atoms with E-state index in [0.717, 1.165) is 0 Å². The van der Waals surface area contributed by atoms with Crippen LogP contribution in [0.25, 0.3) is 0 Å². The van der Waals surface area contributed by atoms with Gasteiger partial charge in [-0.3, -0.25) is 4.79 Å². The summed E-state index contributed by atoms with van der Waals surface area (Å²) < 4.78 is 24.3. The molecule has 20 heavy (non-hydrogen) atoms. The number of rotatable bonds is 9. The third-order valence-corrected chi connectivity index (χ3v) is 3.13. The largest absolute Gasteiger partial charge is 0.382 e. The number of hydrogen-bond acceptors (Lipinski definition) is 3. The van der Waals surface area contributed by atoms with Crippen LogP contribution in [0.2, 0.25) is 0 Å². The van der Waals surface area contributed by atoms with Crippen LogP contribution in [0.4, 0.5) is 4.39 Å². The van der Waals surface area contributed by atoms with Crippen molar-refractivity contribution in [1.82, 2.24) is 5.32 Å². The topological polar surface area (TPSA) is 47.6 Å². The first-order valence-electron chi connectivity index (χ1n) is 6.41. The fourth-order valence-electron chi connectivity index (χ4n) is 1.57. The van der Waals surface area contributed by atoms with E-state index < -0.39 is 0 Å². The third kappa shape index (κ3) is 6.98. The summed E-state index contributed by atoms with van der Waals surface area (Å²) in [5.74, 6) is -0.405. The lowest BCUT2D eigenvalue weighted by molar-refractivity contribution is -0.121. The Morgan fingerprint density at radius 1 is 1.35 bits per heavy atom. The fraction of sp³-hybridized carbons (Fsp3) is 0.500. The minimum absolute atomic E-state index is 0.109. The van der Waals surface area contributed by atoms with E-state index in [9.17, 15) is 9.18 Å². The van der Waals surface area contributed by atoms with Crippen molar-refractivity contribution in [1.29, 1.82) is 0 Å². The van der Waals surface area contributed by atoms with Crippen molar-refractivity contribution in [3.05, 3.63) is 34.1 Å². The zero-order chi connectivity index (χ0) is 14.8. The number of methoxy groups -OCH3 is 1. The molecule has 0 spiro atoms. The second-order valence-electron chi connectivity index (χ2n) is 4.19. The number of hydrogen-bond donors (Lipinski definition) is 1. The molecule has 0 saturated heterocycles. The van der Waals surface area contributed by atoms with Crippen molar-refractivity contribution in [3.63, 3.8) is 0 Å². The molecule has 0 radical (unpaired) electrons. The molecule has 0 atom stereocenters. The van der Waals surface area contributed by atoms with Crippen LogP contribution in [-0.4, -0.2) is 39.4 Å². The van der Waals surface area contributed by atoms with Crippen molar-refractivity contribution in [2.24, 2.45) is 0 Å². The number of carbonyl (C=O) groups is 1. The van der Waals surface area contributed by atoms with Gasteiger partial charge in [0.05, 0.1) is 19.8 Å². The highest BCUT2D eigenvalue weighted by Gasteiger charge is 2.06. The molecule has 4 nitrogen and oxygen atoms in total. The summed E-state index contributed by atoms with van der Waals surface area (Å²) >= 11 is 3.19. The minimum Gasteiger partial charge on any atom is -0.382 e. The first-order chi connectivity index (χ1) is 9.63. The fourth-order valence-corrected chi connectivity index (χ4v) is 1.90. The summed E-state index contributed by atoms with van der Waals surface area (Å²) in [5, 5.41) is 2.72. The maximum atomic E-state index is 13.5. The maximum absolute atomic E-state index is 13.5. The zero-order valence-corrected chi connectivity index (χ0v) is 13.0. The predicted molar refractivity (Wildman–Crippen MR) is 78.1 cm³/mol. The lowest BCUT2D eigenvalue weighted by atomic mass is 10.1.